The molecule has 0 unspecified atom stereocenters. The highest BCUT2D eigenvalue weighted by Gasteiger charge is 2.23. The second-order valence-corrected chi connectivity index (χ2v) is 7.29. The minimum atomic E-state index is -0.306. The van der Waals surface area contributed by atoms with Crippen molar-refractivity contribution >= 4 is 16.8 Å². The number of hydrogen-bond acceptors (Lipinski definition) is 2. The van der Waals surface area contributed by atoms with Crippen molar-refractivity contribution in [3.05, 3.63) is 124 Å². The van der Waals surface area contributed by atoms with E-state index < -0.39 is 0 Å². The summed E-state index contributed by atoms with van der Waals surface area (Å²) >= 11 is 0. The Morgan fingerprint density at radius 2 is 1.39 bits per heavy atom. The Balaban J connectivity index is 1.87. The first kappa shape index (κ1) is 18.7. The molecule has 0 aliphatic heterocycles. The number of benzene rings is 3. The van der Waals surface area contributed by atoms with Crippen molar-refractivity contribution in [2.24, 2.45) is 0 Å². The molecule has 0 fully saturated rings. The minimum absolute atomic E-state index is 0.0843. The van der Waals surface area contributed by atoms with Gasteiger partial charge in [0, 0.05) is 23.9 Å². The second kappa shape index (κ2) is 7.81. The zero-order valence-electron chi connectivity index (χ0n) is 16.7. The average molecular weight is 402 g/mol. The van der Waals surface area contributed by atoms with Gasteiger partial charge in [-0.3, -0.25) is 0 Å². The zero-order valence-corrected chi connectivity index (χ0v) is 16.7. The summed E-state index contributed by atoms with van der Waals surface area (Å²) in [6.07, 6.45) is 1.59. The van der Waals surface area contributed by atoms with Gasteiger partial charge in [0.15, 0.2) is 0 Å². The quantitative estimate of drug-likeness (QED) is 0.321. The topological polar surface area (TPSA) is 39.5 Å². The first-order chi connectivity index (χ1) is 15.3. The maximum absolute atomic E-state index is 13.3. The average Bonchev–Trinajstić information content (AvgIpc) is 3.24. The highest BCUT2D eigenvalue weighted by molar-refractivity contribution is 6.01. The SMILES string of the molecule is [C-]#[N+]c1cn(Cc2ccccc2)c2oc(-c3ccccc3)c(-c3ccccc3)c2c1=O. The third-order valence-corrected chi connectivity index (χ3v) is 5.30. The van der Waals surface area contributed by atoms with Crippen LogP contribution < -0.4 is 5.43 Å². The summed E-state index contributed by atoms with van der Waals surface area (Å²) in [6, 6.07) is 29.4. The molecule has 0 aliphatic carbocycles. The monoisotopic (exact) mass is 402 g/mol. The van der Waals surface area contributed by atoms with Crippen molar-refractivity contribution in [2.75, 3.05) is 0 Å². The zero-order chi connectivity index (χ0) is 21.2. The van der Waals surface area contributed by atoms with Crippen LogP contribution in [0.25, 0.3) is 38.4 Å². The molecule has 0 amide bonds. The fourth-order valence-electron chi connectivity index (χ4n) is 3.88. The number of rotatable bonds is 4. The van der Waals surface area contributed by atoms with Crippen LogP contribution in [0.2, 0.25) is 0 Å². The summed E-state index contributed by atoms with van der Waals surface area (Å²) in [4.78, 5) is 16.8. The predicted molar refractivity (Wildman–Crippen MR) is 123 cm³/mol. The first-order valence-corrected chi connectivity index (χ1v) is 9.98. The maximum Gasteiger partial charge on any atom is 0.250 e. The molecule has 2 aromatic heterocycles. The number of nitrogens with zero attached hydrogens (tertiary/aromatic N) is 2. The van der Waals surface area contributed by atoms with Crippen LogP contribution in [0.5, 0.6) is 0 Å². The van der Waals surface area contributed by atoms with Gasteiger partial charge in [-0.15, -0.1) is 0 Å². The molecule has 5 aromatic rings. The van der Waals surface area contributed by atoms with E-state index in [-0.39, 0.29) is 11.1 Å². The van der Waals surface area contributed by atoms with Crippen LogP contribution in [0.15, 0.2) is 106 Å². The van der Waals surface area contributed by atoms with Crippen LogP contribution in [0.4, 0.5) is 5.69 Å². The van der Waals surface area contributed by atoms with E-state index in [9.17, 15) is 4.79 Å². The highest BCUT2D eigenvalue weighted by Crippen LogP contribution is 2.40. The van der Waals surface area contributed by atoms with Crippen LogP contribution in [0.3, 0.4) is 0 Å². The molecule has 0 atom stereocenters. The van der Waals surface area contributed by atoms with Gasteiger partial charge in [-0.05, 0) is 11.1 Å². The Bertz CT molecular complexity index is 1460. The van der Waals surface area contributed by atoms with E-state index in [1.807, 2.05) is 95.6 Å². The molecule has 0 spiro atoms. The molecule has 31 heavy (non-hydrogen) atoms. The molecule has 3 aromatic carbocycles. The normalized spacial score (nSPS) is 10.8. The fraction of sp³-hybridized carbons (Fsp3) is 0.0370. The number of pyridine rings is 1. The van der Waals surface area contributed by atoms with Crippen molar-refractivity contribution in [3.63, 3.8) is 0 Å². The van der Waals surface area contributed by atoms with Gasteiger partial charge < -0.3 is 13.8 Å². The van der Waals surface area contributed by atoms with Gasteiger partial charge in [0.05, 0.1) is 12.0 Å². The lowest BCUT2D eigenvalue weighted by molar-refractivity contribution is 0.586. The van der Waals surface area contributed by atoms with E-state index in [0.717, 1.165) is 22.3 Å². The Kier molecular flexibility index (Phi) is 4.70. The van der Waals surface area contributed by atoms with Gasteiger partial charge in [-0.1, -0.05) is 91.0 Å². The second-order valence-electron chi connectivity index (χ2n) is 7.29. The molecule has 0 bridgehead atoms. The minimum Gasteiger partial charge on any atom is -0.439 e. The molecule has 4 heteroatoms. The third-order valence-electron chi connectivity index (χ3n) is 5.30. The summed E-state index contributed by atoms with van der Waals surface area (Å²) in [5.74, 6) is 0.628. The van der Waals surface area contributed by atoms with E-state index in [1.165, 1.54) is 0 Å². The smallest absolute Gasteiger partial charge is 0.250 e. The molecule has 0 aliphatic rings. The van der Waals surface area contributed by atoms with Crippen LogP contribution >= 0.6 is 0 Å². The van der Waals surface area contributed by atoms with Crippen molar-refractivity contribution < 1.29 is 4.42 Å². The molecule has 0 saturated heterocycles. The van der Waals surface area contributed by atoms with Crippen LogP contribution in [0.1, 0.15) is 5.56 Å². The summed E-state index contributed by atoms with van der Waals surface area (Å²) in [5, 5.41) is 0.439. The van der Waals surface area contributed by atoms with Crippen molar-refractivity contribution in [1.82, 2.24) is 4.57 Å². The third kappa shape index (κ3) is 3.33. The van der Waals surface area contributed by atoms with Crippen molar-refractivity contribution in [3.8, 4) is 22.5 Å². The Morgan fingerprint density at radius 3 is 2.00 bits per heavy atom. The van der Waals surface area contributed by atoms with Gasteiger partial charge in [0.2, 0.25) is 16.8 Å². The van der Waals surface area contributed by atoms with E-state index in [0.29, 0.717) is 23.4 Å². The molecular formula is C27H18N2O2. The predicted octanol–water partition coefficient (Wildman–Crippen LogP) is 6.53. The highest BCUT2D eigenvalue weighted by atomic mass is 16.3. The summed E-state index contributed by atoms with van der Waals surface area (Å²) < 4.78 is 8.24. The van der Waals surface area contributed by atoms with E-state index in [4.69, 9.17) is 11.0 Å². The van der Waals surface area contributed by atoms with Crippen LogP contribution in [-0.2, 0) is 6.54 Å². The molecule has 5 rings (SSSR count). The van der Waals surface area contributed by atoms with Gasteiger partial charge in [-0.25, -0.2) is 4.85 Å². The molecule has 2 heterocycles. The number of hydrogen-bond donors (Lipinski definition) is 0. The van der Waals surface area contributed by atoms with Crippen molar-refractivity contribution in [1.29, 1.82) is 0 Å². The molecular weight excluding hydrogens is 384 g/mol. The summed E-state index contributed by atoms with van der Waals surface area (Å²) in [7, 11) is 0. The molecule has 0 radical (unpaired) electrons. The van der Waals surface area contributed by atoms with Crippen LogP contribution in [0, 0.1) is 6.57 Å². The Hall–Kier alpha value is -4.36. The van der Waals surface area contributed by atoms with Gasteiger partial charge in [-0.2, -0.15) is 0 Å². The number of fused-ring (bicyclic) bond motifs is 1. The molecule has 148 valence electrons. The Labute approximate surface area is 179 Å². The number of aromatic nitrogens is 1. The lowest BCUT2D eigenvalue weighted by Crippen LogP contribution is -2.09. The largest absolute Gasteiger partial charge is 0.439 e. The standard InChI is InChI=1S/C27H18N2O2/c1-28-22-18-29(17-19-11-5-2-6-12-19)27-24(25(22)30)23(20-13-7-3-8-14-20)26(31-27)21-15-9-4-10-16-21/h2-16,18H,17H2. The Morgan fingerprint density at radius 1 is 0.806 bits per heavy atom. The maximum atomic E-state index is 13.3. The van der Waals surface area contributed by atoms with E-state index in [1.54, 1.807) is 6.20 Å². The summed E-state index contributed by atoms with van der Waals surface area (Å²) in [6.45, 7) is 8.06. The first-order valence-electron chi connectivity index (χ1n) is 9.98. The summed E-state index contributed by atoms with van der Waals surface area (Å²) in [5.41, 5.74) is 3.79. The number of furan rings is 1. The fourth-order valence-corrected chi connectivity index (χ4v) is 3.88. The van der Waals surface area contributed by atoms with Gasteiger partial charge in [0.1, 0.15) is 5.76 Å². The van der Waals surface area contributed by atoms with Crippen LogP contribution in [-0.4, -0.2) is 4.57 Å². The molecule has 4 nitrogen and oxygen atoms in total. The van der Waals surface area contributed by atoms with E-state index in [2.05, 4.69) is 4.85 Å². The lowest BCUT2D eigenvalue weighted by atomic mass is 9.99. The molecule has 0 N–H and O–H groups in total. The van der Waals surface area contributed by atoms with Gasteiger partial charge >= 0.3 is 0 Å². The lowest BCUT2D eigenvalue weighted by Gasteiger charge is -2.09. The van der Waals surface area contributed by atoms with E-state index >= 15 is 0 Å². The van der Waals surface area contributed by atoms with Gasteiger partial charge in [0.25, 0.3) is 0 Å². The van der Waals surface area contributed by atoms with Crippen molar-refractivity contribution in [2.45, 2.75) is 6.54 Å². The molecule has 0 saturated carbocycles.